The van der Waals surface area contributed by atoms with Crippen molar-refractivity contribution in [3.05, 3.63) is 53.1 Å². The summed E-state index contributed by atoms with van der Waals surface area (Å²) in [6, 6.07) is 9.88. The Bertz CT molecular complexity index is 1160. The molecule has 3 rings (SSSR count). The fourth-order valence-corrected chi connectivity index (χ4v) is 4.90. The summed E-state index contributed by atoms with van der Waals surface area (Å²) < 4.78 is 45.7. The number of thiazole rings is 1. The Balaban J connectivity index is 1.99. The van der Waals surface area contributed by atoms with E-state index in [9.17, 15) is 17.6 Å². The van der Waals surface area contributed by atoms with E-state index in [1.165, 1.54) is 11.3 Å². The SMILES string of the molecule is CCn1c(=NC(=O)CS(=O)(=O)c2ccc(F)cc2)sc2cccc(OC)c21. The summed E-state index contributed by atoms with van der Waals surface area (Å²) >= 11 is 1.28. The first-order chi connectivity index (χ1) is 12.9. The molecule has 0 saturated heterocycles. The van der Waals surface area contributed by atoms with Crippen molar-refractivity contribution < 1.29 is 22.3 Å². The van der Waals surface area contributed by atoms with Crippen LogP contribution in [0, 0.1) is 5.82 Å². The number of carbonyl (C=O) groups is 1. The minimum atomic E-state index is -3.90. The molecule has 0 atom stereocenters. The van der Waals surface area contributed by atoms with Crippen LogP contribution in [-0.4, -0.2) is 31.8 Å². The van der Waals surface area contributed by atoms with Gasteiger partial charge in [0.15, 0.2) is 14.6 Å². The number of amides is 1. The van der Waals surface area contributed by atoms with Crippen molar-refractivity contribution in [2.24, 2.45) is 4.99 Å². The van der Waals surface area contributed by atoms with Crippen molar-refractivity contribution in [1.29, 1.82) is 0 Å². The third-order valence-corrected chi connectivity index (χ3v) is 6.57. The van der Waals surface area contributed by atoms with Gasteiger partial charge >= 0.3 is 0 Å². The number of aromatic nitrogens is 1. The standard InChI is InChI=1S/C18H17FN2O4S2/c1-3-21-17-14(25-2)5-4-6-15(17)26-18(21)20-16(22)11-27(23,24)13-9-7-12(19)8-10-13/h4-10H,3,11H2,1-2H3. The number of carbonyl (C=O) groups excluding carboxylic acids is 1. The third kappa shape index (κ3) is 3.93. The number of hydrogen-bond acceptors (Lipinski definition) is 5. The number of aryl methyl sites for hydroxylation is 1. The van der Waals surface area contributed by atoms with Crippen molar-refractivity contribution in [2.75, 3.05) is 12.9 Å². The van der Waals surface area contributed by atoms with E-state index in [1.54, 1.807) is 11.7 Å². The molecule has 0 N–H and O–H groups in total. The number of nitrogens with zero attached hydrogens (tertiary/aromatic N) is 2. The molecule has 9 heteroatoms. The highest BCUT2D eigenvalue weighted by molar-refractivity contribution is 7.92. The number of hydrogen-bond donors (Lipinski definition) is 0. The van der Waals surface area contributed by atoms with Gasteiger partial charge in [0, 0.05) is 6.54 Å². The number of methoxy groups -OCH3 is 1. The predicted molar refractivity (Wildman–Crippen MR) is 101 cm³/mol. The number of fused-ring (bicyclic) bond motifs is 1. The molecule has 0 unspecified atom stereocenters. The average Bonchev–Trinajstić information content (AvgIpc) is 2.98. The molecule has 0 aliphatic rings. The normalized spacial score (nSPS) is 12.5. The highest BCUT2D eigenvalue weighted by Gasteiger charge is 2.20. The zero-order chi connectivity index (χ0) is 19.6. The lowest BCUT2D eigenvalue weighted by Crippen LogP contribution is -2.20. The summed E-state index contributed by atoms with van der Waals surface area (Å²) in [5, 5.41) is 0. The second kappa shape index (κ2) is 7.61. The Morgan fingerprint density at radius 3 is 2.56 bits per heavy atom. The molecule has 142 valence electrons. The van der Waals surface area contributed by atoms with Crippen molar-refractivity contribution in [2.45, 2.75) is 18.4 Å². The van der Waals surface area contributed by atoms with Gasteiger partial charge in [-0.1, -0.05) is 17.4 Å². The molecule has 0 radical (unpaired) electrons. The summed E-state index contributed by atoms with van der Waals surface area (Å²) in [5.74, 6) is -1.47. The summed E-state index contributed by atoms with van der Waals surface area (Å²) in [5.41, 5.74) is 0.806. The van der Waals surface area contributed by atoms with Gasteiger partial charge in [-0.25, -0.2) is 12.8 Å². The fraction of sp³-hybridized carbons (Fsp3) is 0.222. The van der Waals surface area contributed by atoms with E-state index in [4.69, 9.17) is 4.74 Å². The number of benzene rings is 2. The molecule has 6 nitrogen and oxygen atoms in total. The Morgan fingerprint density at radius 1 is 1.22 bits per heavy atom. The molecule has 2 aromatic carbocycles. The maximum atomic E-state index is 13.0. The van der Waals surface area contributed by atoms with Gasteiger partial charge in [-0.15, -0.1) is 0 Å². The Labute approximate surface area is 159 Å². The zero-order valence-electron chi connectivity index (χ0n) is 14.7. The molecule has 27 heavy (non-hydrogen) atoms. The Morgan fingerprint density at radius 2 is 1.93 bits per heavy atom. The lowest BCUT2D eigenvalue weighted by Gasteiger charge is -2.05. The molecule has 3 aromatic rings. The first-order valence-corrected chi connectivity index (χ1v) is 10.5. The van der Waals surface area contributed by atoms with E-state index < -0.39 is 27.3 Å². The molecule has 0 aliphatic carbocycles. The van der Waals surface area contributed by atoms with Crippen LogP contribution in [0.15, 0.2) is 52.4 Å². The molecule has 1 amide bonds. The highest BCUT2D eigenvalue weighted by atomic mass is 32.2. The minimum Gasteiger partial charge on any atom is -0.495 e. The maximum Gasteiger partial charge on any atom is 0.263 e. The van der Waals surface area contributed by atoms with Gasteiger partial charge in [0.1, 0.15) is 22.8 Å². The summed E-state index contributed by atoms with van der Waals surface area (Å²) in [4.78, 5) is 16.6. The van der Waals surface area contributed by atoms with Gasteiger partial charge in [0.25, 0.3) is 5.91 Å². The van der Waals surface area contributed by atoms with E-state index in [-0.39, 0.29) is 4.90 Å². The van der Waals surface area contributed by atoms with E-state index in [1.807, 2.05) is 25.1 Å². The Kier molecular flexibility index (Phi) is 5.43. The first-order valence-electron chi connectivity index (χ1n) is 8.08. The number of sulfone groups is 1. The van der Waals surface area contributed by atoms with E-state index in [2.05, 4.69) is 4.99 Å². The summed E-state index contributed by atoms with van der Waals surface area (Å²) in [7, 11) is -2.34. The zero-order valence-corrected chi connectivity index (χ0v) is 16.3. The predicted octanol–water partition coefficient (Wildman–Crippen LogP) is 2.77. The molecular weight excluding hydrogens is 391 g/mol. The van der Waals surface area contributed by atoms with Crippen molar-refractivity contribution >= 4 is 37.3 Å². The quantitative estimate of drug-likeness (QED) is 0.608. The average molecular weight is 408 g/mol. The van der Waals surface area contributed by atoms with E-state index in [0.717, 1.165) is 34.5 Å². The first kappa shape index (κ1) is 19.2. The smallest absolute Gasteiger partial charge is 0.263 e. The number of para-hydroxylation sites is 1. The van der Waals surface area contributed by atoms with Crippen LogP contribution in [0.2, 0.25) is 0 Å². The highest BCUT2D eigenvalue weighted by Crippen LogP contribution is 2.27. The second-order valence-corrected chi connectivity index (χ2v) is 8.65. The lowest BCUT2D eigenvalue weighted by molar-refractivity contribution is -0.115. The van der Waals surface area contributed by atoms with Gasteiger partial charge in [0.05, 0.1) is 16.7 Å². The monoisotopic (exact) mass is 408 g/mol. The van der Waals surface area contributed by atoms with Crippen LogP contribution >= 0.6 is 11.3 Å². The summed E-state index contributed by atoms with van der Waals surface area (Å²) in [6.45, 7) is 2.44. The van der Waals surface area contributed by atoms with Crippen LogP contribution in [0.4, 0.5) is 4.39 Å². The van der Waals surface area contributed by atoms with Crippen LogP contribution in [0.25, 0.3) is 10.2 Å². The molecule has 0 saturated carbocycles. The van der Waals surface area contributed by atoms with Crippen LogP contribution in [0.3, 0.4) is 0 Å². The number of halogens is 1. The van der Waals surface area contributed by atoms with Crippen LogP contribution in [0.5, 0.6) is 5.75 Å². The lowest BCUT2D eigenvalue weighted by atomic mass is 10.3. The molecule has 0 bridgehead atoms. The minimum absolute atomic E-state index is 0.117. The summed E-state index contributed by atoms with van der Waals surface area (Å²) in [6.07, 6.45) is 0. The van der Waals surface area contributed by atoms with Gasteiger partial charge < -0.3 is 9.30 Å². The van der Waals surface area contributed by atoms with Crippen LogP contribution < -0.4 is 9.54 Å². The maximum absolute atomic E-state index is 13.0. The Hall–Kier alpha value is -2.52. The van der Waals surface area contributed by atoms with E-state index >= 15 is 0 Å². The third-order valence-electron chi connectivity index (χ3n) is 3.91. The topological polar surface area (TPSA) is 77.7 Å². The number of ether oxygens (including phenoxy) is 1. The molecule has 0 spiro atoms. The van der Waals surface area contributed by atoms with Crippen molar-refractivity contribution in [1.82, 2.24) is 4.57 Å². The van der Waals surface area contributed by atoms with Crippen molar-refractivity contribution in [3.8, 4) is 5.75 Å². The molecule has 0 fully saturated rings. The van der Waals surface area contributed by atoms with E-state index in [0.29, 0.717) is 17.1 Å². The van der Waals surface area contributed by atoms with Gasteiger partial charge in [-0.3, -0.25) is 4.79 Å². The largest absolute Gasteiger partial charge is 0.495 e. The second-order valence-electron chi connectivity index (χ2n) is 5.65. The number of rotatable bonds is 5. The van der Waals surface area contributed by atoms with Crippen LogP contribution in [-0.2, 0) is 21.2 Å². The van der Waals surface area contributed by atoms with Crippen molar-refractivity contribution in [3.63, 3.8) is 0 Å². The van der Waals surface area contributed by atoms with Gasteiger partial charge in [-0.05, 0) is 43.3 Å². The molecule has 0 aliphatic heterocycles. The van der Waals surface area contributed by atoms with Gasteiger partial charge in [0.2, 0.25) is 0 Å². The fourth-order valence-electron chi connectivity index (χ4n) is 2.67. The molecule has 1 heterocycles. The van der Waals surface area contributed by atoms with Gasteiger partial charge in [-0.2, -0.15) is 4.99 Å². The molecular formula is C18H17FN2O4S2. The molecule has 1 aromatic heterocycles. The van der Waals surface area contributed by atoms with Crippen LogP contribution in [0.1, 0.15) is 6.92 Å².